The Hall–Kier alpha value is -2.25. The number of carbonyl (C=O) groups is 2. The van der Waals surface area contributed by atoms with Gasteiger partial charge in [-0.3, -0.25) is 19.2 Å². The Morgan fingerprint density at radius 3 is 2.74 bits per heavy atom. The zero-order chi connectivity index (χ0) is 22.0. The maximum atomic E-state index is 14.6. The van der Waals surface area contributed by atoms with Crippen LogP contribution in [0.1, 0.15) is 49.9 Å². The van der Waals surface area contributed by atoms with Crippen LogP contribution < -0.4 is 0 Å². The van der Waals surface area contributed by atoms with Crippen LogP contribution in [0.2, 0.25) is 0 Å². The third-order valence-corrected chi connectivity index (χ3v) is 6.63. The van der Waals surface area contributed by atoms with Crippen molar-refractivity contribution >= 4 is 30.3 Å². The summed E-state index contributed by atoms with van der Waals surface area (Å²) in [5, 5.41) is 4.53. The lowest BCUT2D eigenvalue weighted by atomic mass is 9.93. The van der Waals surface area contributed by atoms with Gasteiger partial charge in [0.15, 0.2) is 11.6 Å². The van der Waals surface area contributed by atoms with E-state index in [0.29, 0.717) is 25.1 Å². The molecule has 2 aliphatic rings. The Labute approximate surface area is 187 Å². The van der Waals surface area contributed by atoms with E-state index in [4.69, 9.17) is 12.6 Å². The maximum absolute atomic E-state index is 14.6. The molecule has 0 bridgehead atoms. The van der Waals surface area contributed by atoms with Crippen LogP contribution in [0.3, 0.4) is 0 Å². The summed E-state index contributed by atoms with van der Waals surface area (Å²) in [7, 11) is 0. The molecule has 2 heterocycles. The van der Waals surface area contributed by atoms with Gasteiger partial charge in [0.2, 0.25) is 0 Å². The van der Waals surface area contributed by atoms with Crippen LogP contribution in [-0.2, 0) is 16.1 Å². The highest BCUT2D eigenvalue weighted by Crippen LogP contribution is 2.39. The summed E-state index contributed by atoms with van der Waals surface area (Å²) in [6, 6.07) is 7.90. The van der Waals surface area contributed by atoms with Gasteiger partial charge in [0, 0.05) is 42.4 Å². The Bertz CT molecular complexity index is 998. The maximum Gasteiger partial charge on any atom is 0.157 e. The largest absolute Gasteiger partial charge is 0.298 e. The Morgan fingerprint density at radius 1 is 1.26 bits per heavy atom. The van der Waals surface area contributed by atoms with Gasteiger partial charge in [-0.1, -0.05) is 25.1 Å². The predicted octanol–water partition coefficient (Wildman–Crippen LogP) is 4.11. The molecule has 1 saturated heterocycles. The minimum atomic E-state index is -0.572. The molecule has 164 valence electrons. The van der Waals surface area contributed by atoms with E-state index in [9.17, 15) is 14.0 Å². The molecule has 1 saturated carbocycles. The number of nitrogens with zero attached hydrogens (tertiary/aromatic N) is 3. The standard InChI is InChI=1S/C24H28FN3O2S/c1-2-19(29)15-28-12-9-18(26-28)13-17-14-27(11-10-22(17)31)23(24(30)16-7-8-16)20-5-3-4-6-21(20)25/h3-6,9,12-13,16,22-23,31H,2,7-8,10-11,14-15H2,1H3. The van der Waals surface area contributed by atoms with Crippen molar-refractivity contribution in [2.24, 2.45) is 5.92 Å². The van der Waals surface area contributed by atoms with Crippen molar-refractivity contribution in [2.75, 3.05) is 13.1 Å². The van der Waals surface area contributed by atoms with Crippen LogP contribution >= 0.6 is 12.6 Å². The summed E-state index contributed by atoms with van der Waals surface area (Å²) in [6.07, 6.45) is 6.82. The molecule has 0 N–H and O–H groups in total. The second-order valence-electron chi connectivity index (χ2n) is 8.43. The number of hydrogen-bond acceptors (Lipinski definition) is 5. The number of ketones is 2. The van der Waals surface area contributed by atoms with Crippen LogP contribution in [-0.4, -0.2) is 44.6 Å². The number of likely N-dealkylation sites (tertiary alicyclic amines) is 1. The van der Waals surface area contributed by atoms with Gasteiger partial charge in [-0.15, -0.1) is 0 Å². The zero-order valence-electron chi connectivity index (χ0n) is 17.7. The van der Waals surface area contributed by atoms with Crippen molar-refractivity contribution in [1.29, 1.82) is 0 Å². The molecule has 7 heteroatoms. The van der Waals surface area contributed by atoms with Gasteiger partial charge in [0.25, 0.3) is 0 Å². The average Bonchev–Trinajstić information content (AvgIpc) is 3.53. The second kappa shape index (κ2) is 9.49. The van der Waals surface area contributed by atoms with E-state index in [2.05, 4.69) is 10.00 Å². The minimum absolute atomic E-state index is 0.0394. The average molecular weight is 442 g/mol. The van der Waals surface area contributed by atoms with E-state index in [-0.39, 0.29) is 35.1 Å². The summed E-state index contributed by atoms with van der Waals surface area (Å²) in [6.45, 7) is 3.32. The molecule has 2 atom stereocenters. The molecule has 0 amide bonds. The number of benzene rings is 1. The van der Waals surface area contributed by atoms with Crippen molar-refractivity contribution in [2.45, 2.75) is 50.4 Å². The molecule has 0 spiro atoms. The monoisotopic (exact) mass is 441 g/mol. The fourth-order valence-corrected chi connectivity index (χ4v) is 4.37. The van der Waals surface area contributed by atoms with Crippen LogP contribution in [0.5, 0.6) is 0 Å². The topological polar surface area (TPSA) is 55.2 Å². The van der Waals surface area contributed by atoms with Gasteiger partial charge in [-0.2, -0.15) is 17.7 Å². The molecule has 0 radical (unpaired) electrons. The Morgan fingerprint density at radius 2 is 2.03 bits per heavy atom. The molecular formula is C24H28FN3O2S. The summed E-state index contributed by atoms with van der Waals surface area (Å²) in [4.78, 5) is 26.9. The molecule has 2 fully saturated rings. The van der Waals surface area contributed by atoms with Crippen molar-refractivity contribution in [3.05, 3.63) is 59.2 Å². The van der Waals surface area contributed by atoms with Crippen LogP contribution in [0, 0.1) is 11.7 Å². The highest BCUT2D eigenvalue weighted by Gasteiger charge is 2.40. The Kier molecular flexibility index (Phi) is 6.72. The van der Waals surface area contributed by atoms with Gasteiger partial charge >= 0.3 is 0 Å². The number of carbonyl (C=O) groups excluding carboxylic acids is 2. The van der Waals surface area contributed by atoms with Crippen LogP contribution in [0.25, 0.3) is 6.08 Å². The number of piperidine rings is 1. The van der Waals surface area contributed by atoms with Gasteiger partial charge in [-0.05, 0) is 43.0 Å². The third kappa shape index (κ3) is 5.15. The molecule has 4 rings (SSSR count). The first-order valence-electron chi connectivity index (χ1n) is 10.9. The van der Waals surface area contributed by atoms with E-state index in [1.807, 2.05) is 19.1 Å². The van der Waals surface area contributed by atoms with E-state index < -0.39 is 6.04 Å². The van der Waals surface area contributed by atoms with E-state index >= 15 is 0 Å². The Balaban J connectivity index is 1.58. The van der Waals surface area contributed by atoms with Crippen LogP contribution in [0.15, 0.2) is 42.1 Å². The number of rotatable bonds is 8. The van der Waals surface area contributed by atoms with Crippen molar-refractivity contribution in [3.8, 4) is 0 Å². The molecule has 31 heavy (non-hydrogen) atoms. The zero-order valence-corrected chi connectivity index (χ0v) is 18.6. The van der Waals surface area contributed by atoms with E-state index in [1.165, 1.54) is 6.07 Å². The fourth-order valence-electron chi connectivity index (χ4n) is 4.10. The first-order chi connectivity index (χ1) is 15.0. The summed E-state index contributed by atoms with van der Waals surface area (Å²) in [5.74, 6) is -0.0501. The highest BCUT2D eigenvalue weighted by atomic mass is 32.1. The van der Waals surface area contributed by atoms with Gasteiger partial charge < -0.3 is 0 Å². The molecule has 1 aromatic heterocycles. The lowest BCUT2D eigenvalue weighted by Gasteiger charge is -2.37. The summed E-state index contributed by atoms with van der Waals surface area (Å²) < 4.78 is 16.3. The first-order valence-corrected chi connectivity index (χ1v) is 11.4. The van der Waals surface area contributed by atoms with Gasteiger partial charge in [0.05, 0.1) is 18.3 Å². The lowest BCUT2D eigenvalue weighted by molar-refractivity contribution is -0.126. The number of Topliss-reactive ketones (excluding diaryl/α,β-unsaturated/α-hetero) is 2. The van der Waals surface area contributed by atoms with E-state index in [1.54, 1.807) is 29.1 Å². The number of aromatic nitrogens is 2. The van der Waals surface area contributed by atoms with E-state index in [0.717, 1.165) is 30.5 Å². The van der Waals surface area contributed by atoms with Gasteiger partial charge in [0.1, 0.15) is 5.82 Å². The third-order valence-electron chi connectivity index (χ3n) is 6.04. The SMILES string of the molecule is CCC(=O)Cn1ccc(C=C2CN(C(C(=O)C3CC3)c3ccccc3F)CCC2S)n1. The van der Waals surface area contributed by atoms with Crippen molar-refractivity contribution in [1.82, 2.24) is 14.7 Å². The van der Waals surface area contributed by atoms with Crippen molar-refractivity contribution < 1.29 is 14.0 Å². The minimum Gasteiger partial charge on any atom is -0.298 e. The predicted molar refractivity (Wildman–Crippen MR) is 121 cm³/mol. The lowest BCUT2D eigenvalue weighted by Crippen LogP contribution is -2.42. The normalized spacial score (nSPS) is 21.9. The second-order valence-corrected chi connectivity index (χ2v) is 9.05. The van der Waals surface area contributed by atoms with Gasteiger partial charge in [-0.25, -0.2) is 4.39 Å². The number of hydrogen-bond donors (Lipinski definition) is 1. The number of thiol groups is 1. The molecule has 1 aliphatic heterocycles. The summed E-state index contributed by atoms with van der Waals surface area (Å²) in [5.41, 5.74) is 2.26. The quantitative estimate of drug-likeness (QED) is 0.627. The van der Waals surface area contributed by atoms with Crippen molar-refractivity contribution in [3.63, 3.8) is 0 Å². The summed E-state index contributed by atoms with van der Waals surface area (Å²) >= 11 is 4.74. The molecular weight excluding hydrogens is 413 g/mol. The molecule has 2 unspecified atom stereocenters. The molecule has 1 aliphatic carbocycles. The fraction of sp³-hybridized carbons (Fsp3) is 0.458. The molecule has 1 aromatic carbocycles. The highest BCUT2D eigenvalue weighted by molar-refractivity contribution is 7.81. The molecule has 5 nitrogen and oxygen atoms in total. The number of halogens is 1. The molecule has 2 aromatic rings. The smallest absolute Gasteiger partial charge is 0.157 e. The first kappa shape index (κ1) is 22.0. The van der Waals surface area contributed by atoms with Crippen LogP contribution in [0.4, 0.5) is 4.39 Å².